The van der Waals surface area contributed by atoms with Gasteiger partial charge in [-0.1, -0.05) is 5.16 Å². The van der Waals surface area contributed by atoms with Gasteiger partial charge in [-0.15, -0.1) is 0 Å². The van der Waals surface area contributed by atoms with Crippen molar-refractivity contribution >= 4 is 5.91 Å². The van der Waals surface area contributed by atoms with Gasteiger partial charge in [0, 0.05) is 24.5 Å². The first kappa shape index (κ1) is 14.6. The summed E-state index contributed by atoms with van der Waals surface area (Å²) in [5.74, 6) is 0.853. The van der Waals surface area contributed by atoms with Crippen molar-refractivity contribution < 1.29 is 9.32 Å². The number of pyridine rings is 1. The lowest BCUT2D eigenvalue weighted by atomic mass is 10.1. The van der Waals surface area contributed by atoms with E-state index in [1.807, 2.05) is 13.0 Å². The van der Waals surface area contributed by atoms with E-state index >= 15 is 0 Å². The van der Waals surface area contributed by atoms with E-state index < -0.39 is 6.04 Å². The van der Waals surface area contributed by atoms with E-state index in [9.17, 15) is 4.79 Å². The lowest BCUT2D eigenvalue weighted by Crippen LogP contribution is -2.41. The number of rotatable bonds is 3. The molecule has 0 saturated carbocycles. The highest BCUT2D eigenvalue weighted by atomic mass is 16.5. The molecule has 116 valence electrons. The minimum Gasteiger partial charge on any atom is -0.337 e. The van der Waals surface area contributed by atoms with Gasteiger partial charge in [0.25, 0.3) is 0 Å². The van der Waals surface area contributed by atoms with Crippen LogP contribution < -0.4 is 5.73 Å². The first-order valence-corrected chi connectivity index (χ1v) is 7.42. The molecule has 0 aliphatic carbocycles. The highest BCUT2D eigenvalue weighted by Crippen LogP contribution is 2.18. The van der Waals surface area contributed by atoms with Crippen LogP contribution in [0, 0.1) is 6.92 Å². The summed E-state index contributed by atoms with van der Waals surface area (Å²) in [7, 11) is 0. The zero-order valence-electron chi connectivity index (χ0n) is 12.5. The molecular weight excluding hydrogens is 282 g/mol. The van der Waals surface area contributed by atoms with Gasteiger partial charge in [-0.2, -0.15) is 4.98 Å². The van der Waals surface area contributed by atoms with Gasteiger partial charge in [0.15, 0.2) is 0 Å². The van der Waals surface area contributed by atoms with Crippen LogP contribution in [0.15, 0.2) is 23.0 Å². The lowest BCUT2D eigenvalue weighted by molar-refractivity contribution is -0.133. The van der Waals surface area contributed by atoms with Crippen molar-refractivity contribution in [1.82, 2.24) is 20.0 Å². The first-order valence-electron chi connectivity index (χ1n) is 7.42. The quantitative estimate of drug-likeness (QED) is 0.917. The standard InChI is InChI=1S/C15H19N5O2/c1-10-6-11(8-17-7-10)14-18-13(22-19-14)9-20-5-3-2-4-12(16)15(20)21/h6-8,12H,2-5,9,16H2,1H3. The fourth-order valence-electron chi connectivity index (χ4n) is 2.57. The molecule has 3 heterocycles. The Morgan fingerprint density at radius 2 is 2.27 bits per heavy atom. The largest absolute Gasteiger partial charge is 0.337 e. The maximum Gasteiger partial charge on any atom is 0.246 e. The van der Waals surface area contributed by atoms with Crippen molar-refractivity contribution in [2.45, 2.75) is 38.8 Å². The summed E-state index contributed by atoms with van der Waals surface area (Å²) in [5.41, 5.74) is 7.69. The van der Waals surface area contributed by atoms with E-state index in [0.717, 1.165) is 30.4 Å². The number of nitrogens with two attached hydrogens (primary N) is 1. The van der Waals surface area contributed by atoms with Crippen LogP contribution in [0.3, 0.4) is 0 Å². The molecule has 3 rings (SSSR count). The third-order valence-corrected chi connectivity index (χ3v) is 3.75. The van der Waals surface area contributed by atoms with Crippen LogP contribution in [0.4, 0.5) is 0 Å². The number of aromatic nitrogens is 3. The second kappa shape index (κ2) is 6.23. The fraction of sp³-hybridized carbons (Fsp3) is 0.467. The molecule has 0 spiro atoms. The molecule has 2 N–H and O–H groups in total. The Morgan fingerprint density at radius 1 is 1.41 bits per heavy atom. The third kappa shape index (κ3) is 3.14. The Hall–Kier alpha value is -2.28. The molecule has 7 heteroatoms. The fourth-order valence-corrected chi connectivity index (χ4v) is 2.57. The summed E-state index contributed by atoms with van der Waals surface area (Å²) in [6, 6.07) is 1.51. The topological polar surface area (TPSA) is 98.1 Å². The van der Waals surface area contributed by atoms with Crippen LogP contribution >= 0.6 is 0 Å². The zero-order valence-corrected chi connectivity index (χ0v) is 12.5. The molecule has 2 aromatic rings. The second-order valence-electron chi connectivity index (χ2n) is 5.62. The number of amides is 1. The number of hydrogen-bond donors (Lipinski definition) is 1. The Labute approximate surface area is 128 Å². The molecule has 1 aliphatic rings. The number of carbonyl (C=O) groups excluding carboxylic acids is 1. The lowest BCUT2D eigenvalue weighted by Gasteiger charge is -2.20. The highest BCUT2D eigenvalue weighted by Gasteiger charge is 2.25. The normalized spacial score (nSPS) is 19.3. The monoisotopic (exact) mass is 301 g/mol. The van der Waals surface area contributed by atoms with Crippen LogP contribution in [-0.4, -0.2) is 38.5 Å². The van der Waals surface area contributed by atoms with Crippen molar-refractivity contribution in [2.24, 2.45) is 5.73 Å². The summed E-state index contributed by atoms with van der Waals surface area (Å²) in [4.78, 5) is 22.3. The molecule has 2 aromatic heterocycles. The first-order chi connectivity index (χ1) is 10.6. The molecule has 1 aliphatic heterocycles. The minimum absolute atomic E-state index is 0.0468. The SMILES string of the molecule is Cc1cncc(-c2noc(CN3CCCCC(N)C3=O)n2)c1. The molecule has 1 fully saturated rings. The van der Waals surface area contributed by atoms with E-state index in [2.05, 4.69) is 15.1 Å². The maximum absolute atomic E-state index is 12.2. The average molecular weight is 301 g/mol. The number of hydrogen-bond acceptors (Lipinski definition) is 6. The summed E-state index contributed by atoms with van der Waals surface area (Å²) in [6.45, 7) is 2.93. The number of likely N-dealkylation sites (tertiary alicyclic amines) is 1. The average Bonchev–Trinajstić information content (AvgIpc) is 2.92. The van der Waals surface area contributed by atoms with E-state index in [1.54, 1.807) is 17.3 Å². The number of nitrogens with zero attached hydrogens (tertiary/aromatic N) is 4. The number of carbonyl (C=O) groups is 1. The molecule has 1 atom stereocenters. The Balaban J connectivity index is 1.75. The Morgan fingerprint density at radius 3 is 3.09 bits per heavy atom. The van der Waals surface area contributed by atoms with Crippen molar-refractivity contribution in [1.29, 1.82) is 0 Å². The molecule has 7 nitrogen and oxygen atoms in total. The number of aryl methyl sites for hydroxylation is 1. The Kier molecular flexibility index (Phi) is 4.15. The molecular formula is C15H19N5O2. The summed E-state index contributed by atoms with van der Waals surface area (Å²) in [6.07, 6.45) is 6.10. The van der Waals surface area contributed by atoms with Crippen LogP contribution in [-0.2, 0) is 11.3 Å². The molecule has 1 unspecified atom stereocenters. The van der Waals surface area contributed by atoms with Crippen LogP contribution in [0.25, 0.3) is 11.4 Å². The molecule has 0 bridgehead atoms. The zero-order chi connectivity index (χ0) is 15.5. The van der Waals surface area contributed by atoms with Crippen molar-refractivity contribution in [3.05, 3.63) is 29.9 Å². The molecule has 0 radical (unpaired) electrons. The van der Waals surface area contributed by atoms with Crippen molar-refractivity contribution in [3.8, 4) is 11.4 Å². The molecule has 22 heavy (non-hydrogen) atoms. The predicted molar refractivity (Wildman–Crippen MR) is 79.5 cm³/mol. The van der Waals surface area contributed by atoms with Gasteiger partial charge in [-0.3, -0.25) is 9.78 Å². The van der Waals surface area contributed by atoms with Gasteiger partial charge in [-0.25, -0.2) is 0 Å². The predicted octanol–water partition coefficient (Wildman–Crippen LogP) is 1.28. The maximum atomic E-state index is 12.2. The van der Waals surface area contributed by atoms with Gasteiger partial charge in [0.05, 0.1) is 6.04 Å². The van der Waals surface area contributed by atoms with Crippen LogP contribution in [0.1, 0.15) is 30.7 Å². The van der Waals surface area contributed by atoms with Gasteiger partial charge < -0.3 is 15.2 Å². The Bertz CT molecular complexity index is 669. The van der Waals surface area contributed by atoms with E-state index in [1.165, 1.54) is 0 Å². The molecule has 1 amide bonds. The van der Waals surface area contributed by atoms with Crippen LogP contribution in [0.5, 0.6) is 0 Å². The summed E-state index contributed by atoms with van der Waals surface area (Å²) < 4.78 is 5.26. The summed E-state index contributed by atoms with van der Waals surface area (Å²) in [5, 5.41) is 3.97. The van der Waals surface area contributed by atoms with E-state index in [4.69, 9.17) is 10.3 Å². The van der Waals surface area contributed by atoms with Crippen molar-refractivity contribution in [2.75, 3.05) is 6.54 Å². The van der Waals surface area contributed by atoms with Crippen molar-refractivity contribution in [3.63, 3.8) is 0 Å². The van der Waals surface area contributed by atoms with Gasteiger partial charge in [-0.05, 0) is 37.8 Å². The summed E-state index contributed by atoms with van der Waals surface area (Å²) >= 11 is 0. The van der Waals surface area contributed by atoms with E-state index in [0.29, 0.717) is 24.8 Å². The molecule has 1 saturated heterocycles. The van der Waals surface area contributed by atoms with Gasteiger partial charge in [0.1, 0.15) is 6.54 Å². The van der Waals surface area contributed by atoms with Crippen LogP contribution in [0.2, 0.25) is 0 Å². The smallest absolute Gasteiger partial charge is 0.246 e. The second-order valence-corrected chi connectivity index (χ2v) is 5.62. The minimum atomic E-state index is -0.425. The van der Waals surface area contributed by atoms with Gasteiger partial charge >= 0.3 is 0 Å². The molecule has 0 aromatic carbocycles. The highest BCUT2D eigenvalue weighted by molar-refractivity contribution is 5.81. The third-order valence-electron chi connectivity index (χ3n) is 3.75. The van der Waals surface area contributed by atoms with Gasteiger partial charge in [0.2, 0.25) is 17.6 Å². The van der Waals surface area contributed by atoms with E-state index in [-0.39, 0.29) is 5.91 Å².